The van der Waals surface area contributed by atoms with Gasteiger partial charge in [0.05, 0.1) is 4.90 Å². The van der Waals surface area contributed by atoms with E-state index in [-0.39, 0.29) is 0 Å². The lowest BCUT2D eigenvalue weighted by molar-refractivity contribution is -0.0331. The van der Waals surface area contributed by atoms with Gasteiger partial charge in [0.15, 0.2) is 11.6 Å². The van der Waals surface area contributed by atoms with E-state index in [2.05, 4.69) is 4.98 Å². The van der Waals surface area contributed by atoms with Crippen LogP contribution in [-0.4, -0.2) is 10.5 Å². The second-order valence-corrected chi connectivity index (χ2v) is 3.27. The van der Waals surface area contributed by atoms with Gasteiger partial charge >= 0.3 is 5.51 Å². The van der Waals surface area contributed by atoms with Crippen molar-refractivity contribution in [3.8, 4) is 0 Å². The smallest absolute Gasteiger partial charge is 0.201 e. The number of rotatable bonds is 1. The van der Waals surface area contributed by atoms with Crippen LogP contribution in [0.1, 0.15) is 0 Å². The van der Waals surface area contributed by atoms with Gasteiger partial charge < -0.3 is 0 Å². The Morgan fingerprint density at radius 1 is 0.867 bits per heavy atom. The van der Waals surface area contributed by atoms with Crippen LogP contribution in [0.4, 0.5) is 30.7 Å². The van der Waals surface area contributed by atoms with Crippen molar-refractivity contribution in [1.82, 2.24) is 4.98 Å². The normalized spacial score (nSPS) is 11.9. The fourth-order valence-electron chi connectivity index (χ4n) is 0.673. The highest BCUT2D eigenvalue weighted by atomic mass is 32.2. The highest BCUT2D eigenvalue weighted by Crippen LogP contribution is 2.40. The molecule has 0 saturated carbocycles. The van der Waals surface area contributed by atoms with Crippen molar-refractivity contribution in [3.63, 3.8) is 0 Å². The molecule has 15 heavy (non-hydrogen) atoms. The summed E-state index contributed by atoms with van der Waals surface area (Å²) in [7, 11) is 0. The fraction of sp³-hybridized carbons (Fsp3) is 0.167. The highest BCUT2D eigenvalue weighted by Gasteiger charge is 2.35. The molecular formula is C6F7NS. The van der Waals surface area contributed by atoms with Crippen molar-refractivity contribution in [1.29, 1.82) is 0 Å². The summed E-state index contributed by atoms with van der Waals surface area (Å²) >= 11 is -1.29. The maximum atomic E-state index is 12.6. The third kappa shape index (κ3) is 2.74. The van der Waals surface area contributed by atoms with Gasteiger partial charge in [-0.1, -0.05) is 0 Å². The number of hydrogen-bond acceptors (Lipinski definition) is 2. The molecule has 0 amide bonds. The summed E-state index contributed by atoms with van der Waals surface area (Å²) in [6.07, 6.45) is 0. The third-order valence-electron chi connectivity index (χ3n) is 1.18. The lowest BCUT2D eigenvalue weighted by Gasteiger charge is -2.07. The molecule has 0 aliphatic carbocycles. The standard InChI is InChI=1S/C6F7NS/c7-1-3(15-6(11,12)13)2(8)5(10)14-4(1)9. The highest BCUT2D eigenvalue weighted by molar-refractivity contribution is 8.00. The van der Waals surface area contributed by atoms with Crippen molar-refractivity contribution in [3.05, 3.63) is 23.5 Å². The summed E-state index contributed by atoms with van der Waals surface area (Å²) in [5.41, 5.74) is -5.05. The molecule has 0 aliphatic rings. The van der Waals surface area contributed by atoms with Crippen LogP contribution in [0, 0.1) is 23.5 Å². The average Bonchev–Trinajstić information content (AvgIpc) is 2.08. The van der Waals surface area contributed by atoms with Crippen LogP contribution in [-0.2, 0) is 0 Å². The molecule has 0 aliphatic heterocycles. The molecule has 0 bridgehead atoms. The molecule has 1 heterocycles. The summed E-state index contributed by atoms with van der Waals surface area (Å²) in [6.45, 7) is 0. The zero-order valence-electron chi connectivity index (χ0n) is 6.50. The van der Waals surface area contributed by atoms with Crippen LogP contribution in [0.2, 0.25) is 0 Å². The Balaban J connectivity index is 3.27. The molecule has 1 nitrogen and oxygen atoms in total. The predicted octanol–water partition coefficient (Wildman–Crippen LogP) is 3.25. The first-order chi connectivity index (χ1) is 6.72. The van der Waals surface area contributed by atoms with Crippen LogP contribution >= 0.6 is 11.8 Å². The minimum atomic E-state index is -5.05. The first kappa shape index (κ1) is 12.1. The van der Waals surface area contributed by atoms with Crippen molar-refractivity contribution < 1.29 is 30.7 Å². The summed E-state index contributed by atoms with van der Waals surface area (Å²) in [6, 6.07) is 0. The first-order valence-electron chi connectivity index (χ1n) is 3.18. The summed E-state index contributed by atoms with van der Waals surface area (Å²) in [5, 5.41) is 0. The summed E-state index contributed by atoms with van der Waals surface area (Å²) in [4.78, 5) is 0.301. The van der Waals surface area contributed by atoms with E-state index in [9.17, 15) is 30.7 Å². The Morgan fingerprint density at radius 2 is 1.27 bits per heavy atom. The molecule has 0 spiro atoms. The monoisotopic (exact) mass is 251 g/mol. The Labute approximate surface area is 82.3 Å². The minimum Gasteiger partial charge on any atom is -0.201 e. The molecule has 0 N–H and O–H groups in total. The van der Waals surface area contributed by atoms with E-state index in [4.69, 9.17) is 0 Å². The van der Waals surface area contributed by atoms with Gasteiger partial charge in [-0.25, -0.2) is 8.78 Å². The second-order valence-electron chi connectivity index (χ2n) is 2.20. The molecule has 1 aromatic heterocycles. The molecule has 0 aromatic carbocycles. The van der Waals surface area contributed by atoms with Crippen LogP contribution in [0.3, 0.4) is 0 Å². The van der Waals surface area contributed by atoms with E-state index in [1.54, 1.807) is 0 Å². The van der Waals surface area contributed by atoms with E-state index in [0.717, 1.165) is 0 Å². The van der Waals surface area contributed by atoms with E-state index in [0.29, 0.717) is 0 Å². The summed E-state index contributed by atoms with van der Waals surface area (Å²) in [5.74, 6) is -8.59. The zero-order chi connectivity index (χ0) is 11.8. The Kier molecular flexibility index (Phi) is 3.12. The Morgan fingerprint density at radius 3 is 1.60 bits per heavy atom. The number of aromatic nitrogens is 1. The van der Waals surface area contributed by atoms with Gasteiger partial charge in [-0.3, -0.25) is 0 Å². The molecule has 0 fully saturated rings. The number of pyridine rings is 1. The Bertz CT molecular complexity index is 362. The van der Waals surface area contributed by atoms with Crippen LogP contribution in [0.25, 0.3) is 0 Å². The fourth-order valence-corrected chi connectivity index (χ4v) is 1.25. The van der Waals surface area contributed by atoms with E-state index in [1.807, 2.05) is 0 Å². The lowest BCUT2D eigenvalue weighted by atomic mass is 10.4. The van der Waals surface area contributed by atoms with Crippen molar-refractivity contribution >= 4 is 11.8 Å². The van der Waals surface area contributed by atoms with Gasteiger partial charge in [-0.2, -0.15) is 26.9 Å². The maximum Gasteiger partial charge on any atom is 0.446 e. The van der Waals surface area contributed by atoms with Gasteiger partial charge in [-0.05, 0) is 11.8 Å². The SMILES string of the molecule is Fc1nc(F)c(F)c(SC(F)(F)F)c1F. The number of halogens is 7. The largest absolute Gasteiger partial charge is 0.446 e. The molecule has 9 heteroatoms. The van der Waals surface area contributed by atoms with Gasteiger partial charge in [0.25, 0.3) is 11.9 Å². The first-order valence-corrected chi connectivity index (χ1v) is 3.99. The van der Waals surface area contributed by atoms with Crippen molar-refractivity contribution in [2.75, 3.05) is 0 Å². The molecule has 84 valence electrons. The number of hydrogen-bond donors (Lipinski definition) is 0. The Hall–Kier alpha value is -0.990. The second kappa shape index (κ2) is 3.87. The van der Waals surface area contributed by atoms with Gasteiger partial charge in [0.1, 0.15) is 0 Å². The van der Waals surface area contributed by atoms with Crippen LogP contribution < -0.4 is 0 Å². The third-order valence-corrected chi connectivity index (χ3v) is 1.97. The summed E-state index contributed by atoms with van der Waals surface area (Å²) < 4.78 is 85.0. The van der Waals surface area contributed by atoms with Gasteiger partial charge in [-0.15, -0.1) is 0 Å². The molecule has 0 saturated heterocycles. The van der Waals surface area contributed by atoms with Gasteiger partial charge in [0, 0.05) is 0 Å². The topological polar surface area (TPSA) is 12.9 Å². The number of nitrogens with zero attached hydrogens (tertiary/aromatic N) is 1. The number of thioether (sulfide) groups is 1. The predicted molar refractivity (Wildman–Crippen MR) is 36.0 cm³/mol. The maximum absolute atomic E-state index is 12.6. The quantitative estimate of drug-likeness (QED) is 0.431. The number of alkyl halides is 3. The van der Waals surface area contributed by atoms with Crippen LogP contribution in [0.5, 0.6) is 0 Å². The van der Waals surface area contributed by atoms with Crippen molar-refractivity contribution in [2.45, 2.75) is 10.4 Å². The van der Waals surface area contributed by atoms with Crippen molar-refractivity contribution in [2.24, 2.45) is 0 Å². The molecule has 1 rings (SSSR count). The van der Waals surface area contributed by atoms with E-state index >= 15 is 0 Å². The zero-order valence-corrected chi connectivity index (χ0v) is 7.32. The van der Waals surface area contributed by atoms with Crippen LogP contribution in [0.15, 0.2) is 4.90 Å². The molecule has 0 unspecified atom stereocenters. The lowest BCUT2D eigenvalue weighted by Crippen LogP contribution is -2.07. The van der Waals surface area contributed by atoms with E-state index in [1.165, 1.54) is 0 Å². The van der Waals surface area contributed by atoms with Gasteiger partial charge in [0.2, 0.25) is 0 Å². The molecule has 0 atom stereocenters. The average molecular weight is 251 g/mol. The molecular weight excluding hydrogens is 251 g/mol. The molecule has 1 aromatic rings. The minimum absolute atomic E-state index is 1.29. The van der Waals surface area contributed by atoms with E-state index < -0.39 is 45.7 Å². The molecule has 0 radical (unpaired) electrons.